The summed E-state index contributed by atoms with van der Waals surface area (Å²) in [6.07, 6.45) is 1.40. The Balaban J connectivity index is 1.55. The van der Waals surface area contributed by atoms with Crippen LogP contribution in [0.5, 0.6) is 5.75 Å². The molecule has 4 amide bonds. The SMILES string of the molecule is COc1ccccc1C[C@@H](NC(C)=O)C(=O)NC1CCN(C(=O)Nc2ccccc2F)CC1. The molecule has 0 bridgehead atoms. The molecule has 176 valence electrons. The number of hydrogen-bond donors (Lipinski definition) is 3. The van der Waals surface area contributed by atoms with Crippen LogP contribution < -0.4 is 20.7 Å². The van der Waals surface area contributed by atoms with Crippen LogP contribution in [0, 0.1) is 5.82 Å². The Hall–Kier alpha value is -3.62. The van der Waals surface area contributed by atoms with Gasteiger partial charge < -0.3 is 25.6 Å². The van der Waals surface area contributed by atoms with E-state index in [1.54, 1.807) is 30.2 Å². The molecular formula is C24H29FN4O4. The lowest BCUT2D eigenvalue weighted by Crippen LogP contribution is -2.53. The highest BCUT2D eigenvalue weighted by molar-refractivity contribution is 5.89. The normalized spacial score (nSPS) is 14.8. The van der Waals surface area contributed by atoms with Crippen LogP contribution in [0.2, 0.25) is 0 Å². The molecule has 1 fully saturated rings. The number of halogens is 1. The van der Waals surface area contributed by atoms with Crippen LogP contribution in [-0.2, 0) is 16.0 Å². The minimum Gasteiger partial charge on any atom is -0.496 e. The zero-order chi connectivity index (χ0) is 23.8. The van der Waals surface area contributed by atoms with Gasteiger partial charge in [0.1, 0.15) is 17.6 Å². The summed E-state index contributed by atoms with van der Waals surface area (Å²) in [5.41, 5.74) is 0.945. The first kappa shape index (κ1) is 24.0. The molecule has 0 saturated carbocycles. The van der Waals surface area contributed by atoms with Crippen molar-refractivity contribution in [3.8, 4) is 5.75 Å². The smallest absolute Gasteiger partial charge is 0.321 e. The fourth-order valence-corrected chi connectivity index (χ4v) is 3.83. The zero-order valence-corrected chi connectivity index (χ0v) is 18.8. The van der Waals surface area contributed by atoms with Crippen molar-refractivity contribution in [3.05, 3.63) is 59.9 Å². The van der Waals surface area contributed by atoms with Gasteiger partial charge >= 0.3 is 6.03 Å². The topological polar surface area (TPSA) is 99.8 Å². The maximum atomic E-state index is 13.8. The van der Waals surface area contributed by atoms with Crippen LogP contribution >= 0.6 is 0 Å². The van der Waals surface area contributed by atoms with Gasteiger partial charge in [-0.25, -0.2) is 9.18 Å². The highest BCUT2D eigenvalue weighted by Gasteiger charge is 2.28. The van der Waals surface area contributed by atoms with Crippen LogP contribution in [-0.4, -0.2) is 55.0 Å². The molecule has 3 rings (SSSR count). The molecule has 1 aliphatic heterocycles. The first-order chi connectivity index (χ1) is 15.9. The molecule has 9 heteroatoms. The molecule has 1 atom stereocenters. The van der Waals surface area contributed by atoms with Gasteiger partial charge in [0, 0.05) is 32.5 Å². The maximum Gasteiger partial charge on any atom is 0.321 e. The van der Waals surface area contributed by atoms with Gasteiger partial charge in [0.05, 0.1) is 12.8 Å². The Bertz CT molecular complexity index is 992. The van der Waals surface area contributed by atoms with Crippen LogP contribution in [0.4, 0.5) is 14.9 Å². The van der Waals surface area contributed by atoms with E-state index < -0.39 is 11.9 Å². The number of methoxy groups -OCH3 is 1. The van der Waals surface area contributed by atoms with Gasteiger partial charge in [-0.05, 0) is 36.6 Å². The van der Waals surface area contributed by atoms with Crippen LogP contribution in [0.1, 0.15) is 25.3 Å². The van der Waals surface area contributed by atoms with Crippen LogP contribution in [0.3, 0.4) is 0 Å². The molecule has 1 aliphatic rings. The van der Waals surface area contributed by atoms with Crippen molar-refractivity contribution >= 4 is 23.5 Å². The van der Waals surface area contributed by atoms with E-state index in [9.17, 15) is 18.8 Å². The molecule has 3 N–H and O–H groups in total. The molecule has 0 radical (unpaired) electrons. The third-order valence-corrected chi connectivity index (χ3v) is 5.55. The zero-order valence-electron chi connectivity index (χ0n) is 18.8. The van der Waals surface area contributed by atoms with E-state index in [0.29, 0.717) is 38.1 Å². The van der Waals surface area contributed by atoms with Gasteiger partial charge in [-0.1, -0.05) is 30.3 Å². The Morgan fingerprint density at radius 2 is 1.76 bits per heavy atom. The summed E-state index contributed by atoms with van der Waals surface area (Å²) in [7, 11) is 1.56. The fourth-order valence-electron chi connectivity index (χ4n) is 3.83. The molecular weight excluding hydrogens is 427 g/mol. The predicted octanol–water partition coefficient (Wildman–Crippen LogP) is 2.69. The second-order valence-electron chi connectivity index (χ2n) is 7.95. The number of nitrogens with one attached hydrogen (secondary N) is 3. The van der Waals surface area contributed by atoms with E-state index in [-0.39, 0.29) is 29.6 Å². The molecule has 1 saturated heterocycles. The molecule has 2 aromatic rings. The second kappa shape index (κ2) is 11.3. The quantitative estimate of drug-likeness (QED) is 0.597. The van der Waals surface area contributed by atoms with Crippen LogP contribution in [0.25, 0.3) is 0 Å². The van der Waals surface area contributed by atoms with Crippen molar-refractivity contribution < 1.29 is 23.5 Å². The van der Waals surface area contributed by atoms with E-state index in [4.69, 9.17) is 4.74 Å². The molecule has 8 nitrogen and oxygen atoms in total. The van der Waals surface area contributed by atoms with Crippen molar-refractivity contribution in [2.75, 3.05) is 25.5 Å². The molecule has 0 aliphatic carbocycles. The monoisotopic (exact) mass is 456 g/mol. The van der Waals surface area contributed by atoms with Gasteiger partial charge in [-0.15, -0.1) is 0 Å². The number of para-hydroxylation sites is 2. The first-order valence-electron chi connectivity index (χ1n) is 10.9. The maximum absolute atomic E-state index is 13.8. The molecule has 2 aromatic carbocycles. The number of carbonyl (C=O) groups excluding carboxylic acids is 3. The Labute approximate surface area is 192 Å². The van der Waals surface area contributed by atoms with Crippen molar-refractivity contribution in [3.63, 3.8) is 0 Å². The lowest BCUT2D eigenvalue weighted by molar-refractivity contribution is -0.128. The lowest BCUT2D eigenvalue weighted by Gasteiger charge is -2.33. The highest BCUT2D eigenvalue weighted by atomic mass is 19.1. The van der Waals surface area contributed by atoms with E-state index in [0.717, 1.165) is 5.56 Å². The molecule has 0 unspecified atom stereocenters. The Morgan fingerprint density at radius 3 is 2.42 bits per heavy atom. The predicted molar refractivity (Wildman–Crippen MR) is 122 cm³/mol. The Kier molecular flexibility index (Phi) is 8.23. The number of hydrogen-bond acceptors (Lipinski definition) is 4. The number of amides is 4. The first-order valence-corrected chi connectivity index (χ1v) is 10.9. The molecule has 0 aromatic heterocycles. The number of benzene rings is 2. The lowest BCUT2D eigenvalue weighted by atomic mass is 10.0. The summed E-state index contributed by atoms with van der Waals surface area (Å²) in [5.74, 6) is -0.433. The van der Waals surface area contributed by atoms with E-state index in [2.05, 4.69) is 16.0 Å². The second-order valence-corrected chi connectivity index (χ2v) is 7.95. The fraction of sp³-hybridized carbons (Fsp3) is 0.375. The summed E-state index contributed by atoms with van der Waals surface area (Å²) in [6.45, 7) is 2.21. The number of carbonyl (C=O) groups is 3. The minimum absolute atomic E-state index is 0.132. The largest absolute Gasteiger partial charge is 0.496 e. The Morgan fingerprint density at radius 1 is 1.09 bits per heavy atom. The van der Waals surface area contributed by atoms with E-state index in [1.807, 2.05) is 18.2 Å². The number of urea groups is 1. The number of ether oxygens (including phenoxy) is 1. The molecule has 33 heavy (non-hydrogen) atoms. The molecule has 1 heterocycles. The third-order valence-electron chi connectivity index (χ3n) is 5.55. The van der Waals surface area contributed by atoms with Gasteiger partial charge in [-0.2, -0.15) is 0 Å². The average Bonchev–Trinajstić information content (AvgIpc) is 2.80. The number of rotatable bonds is 7. The van der Waals surface area contributed by atoms with Crippen LogP contribution in [0.15, 0.2) is 48.5 Å². The molecule has 0 spiro atoms. The van der Waals surface area contributed by atoms with Crippen molar-refractivity contribution in [2.45, 2.75) is 38.3 Å². The summed E-state index contributed by atoms with van der Waals surface area (Å²) < 4.78 is 19.1. The number of anilines is 1. The standard InChI is InChI=1S/C24H29FN4O4/c1-16(30)26-21(15-17-7-3-6-10-22(17)33-2)23(31)27-18-11-13-29(14-12-18)24(32)28-20-9-5-4-8-19(20)25/h3-10,18,21H,11-15H2,1-2H3,(H,26,30)(H,27,31)(H,28,32)/t21-/m1/s1. The summed E-state index contributed by atoms with van der Waals surface area (Å²) >= 11 is 0. The number of likely N-dealkylation sites (tertiary alicyclic amines) is 1. The van der Waals surface area contributed by atoms with Gasteiger partial charge in [0.2, 0.25) is 11.8 Å². The number of nitrogens with zero attached hydrogens (tertiary/aromatic N) is 1. The highest BCUT2D eigenvalue weighted by Crippen LogP contribution is 2.20. The van der Waals surface area contributed by atoms with Gasteiger partial charge in [0.25, 0.3) is 0 Å². The van der Waals surface area contributed by atoms with Gasteiger partial charge in [-0.3, -0.25) is 9.59 Å². The summed E-state index contributed by atoms with van der Waals surface area (Å²) in [4.78, 5) is 38.7. The van der Waals surface area contributed by atoms with Gasteiger partial charge in [0.15, 0.2) is 0 Å². The summed E-state index contributed by atoms with van der Waals surface area (Å²) in [6, 6.07) is 12.1. The van der Waals surface area contributed by atoms with E-state index in [1.165, 1.54) is 19.1 Å². The minimum atomic E-state index is -0.749. The van der Waals surface area contributed by atoms with Crippen molar-refractivity contribution in [1.29, 1.82) is 0 Å². The van der Waals surface area contributed by atoms with Crippen molar-refractivity contribution in [1.82, 2.24) is 15.5 Å². The summed E-state index contributed by atoms with van der Waals surface area (Å²) in [5, 5.41) is 8.28. The third kappa shape index (κ3) is 6.68. The average molecular weight is 457 g/mol. The number of piperidine rings is 1. The van der Waals surface area contributed by atoms with Crippen molar-refractivity contribution in [2.24, 2.45) is 0 Å². The van der Waals surface area contributed by atoms with E-state index >= 15 is 0 Å².